The van der Waals surface area contributed by atoms with Crippen molar-refractivity contribution in [2.24, 2.45) is 5.73 Å². The second kappa shape index (κ2) is 5.74. The summed E-state index contributed by atoms with van der Waals surface area (Å²) < 4.78 is 13.2. The van der Waals surface area contributed by atoms with Gasteiger partial charge in [0.1, 0.15) is 11.7 Å². The number of halogens is 1. The monoisotopic (exact) mass is 271 g/mol. The molecule has 0 bridgehead atoms. The van der Waals surface area contributed by atoms with Crippen LogP contribution < -0.4 is 10.6 Å². The van der Waals surface area contributed by atoms with E-state index in [4.69, 9.17) is 11.1 Å². The number of nitrogens with one attached hydrogen (secondary N) is 1. The van der Waals surface area contributed by atoms with Crippen LogP contribution in [-0.4, -0.2) is 12.9 Å². The number of benzene rings is 2. The maximum atomic E-state index is 13.2. The van der Waals surface area contributed by atoms with Crippen molar-refractivity contribution in [3.8, 4) is 0 Å². The average molecular weight is 271 g/mol. The van der Waals surface area contributed by atoms with Gasteiger partial charge in [0.15, 0.2) is 0 Å². The van der Waals surface area contributed by atoms with Crippen molar-refractivity contribution in [1.29, 1.82) is 5.41 Å². The fourth-order valence-electron chi connectivity index (χ4n) is 2.19. The summed E-state index contributed by atoms with van der Waals surface area (Å²) in [6.45, 7) is 2.55. The first-order chi connectivity index (χ1) is 9.47. The molecule has 0 aliphatic rings. The molecule has 0 saturated carbocycles. The summed E-state index contributed by atoms with van der Waals surface area (Å²) in [7, 11) is 1.95. The molecule has 0 spiro atoms. The number of anilines is 1. The Morgan fingerprint density at radius 3 is 2.60 bits per heavy atom. The molecule has 0 atom stereocenters. The lowest BCUT2D eigenvalue weighted by Crippen LogP contribution is -2.18. The van der Waals surface area contributed by atoms with Crippen molar-refractivity contribution in [3.63, 3.8) is 0 Å². The smallest absolute Gasteiger partial charge is 0.123 e. The van der Waals surface area contributed by atoms with Crippen LogP contribution in [0.3, 0.4) is 0 Å². The number of amidine groups is 1. The summed E-state index contributed by atoms with van der Waals surface area (Å²) in [6, 6.07) is 12.3. The highest BCUT2D eigenvalue weighted by molar-refractivity contribution is 5.96. The van der Waals surface area contributed by atoms with Crippen LogP contribution >= 0.6 is 0 Å². The topological polar surface area (TPSA) is 53.1 Å². The molecule has 3 N–H and O–H groups in total. The van der Waals surface area contributed by atoms with E-state index in [1.165, 1.54) is 12.1 Å². The molecule has 0 saturated heterocycles. The summed E-state index contributed by atoms with van der Waals surface area (Å²) in [4.78, 5) is 2.03. The van der Waals surface area contributed by atoms with Crippen LogP contribution in [0.25, 0.3) is 0 Å². The maximum absolute atomic E-state index is 13.2. The number of nitrogens with zero attached hydrogens (tertiary/aromatic N) is 1. The van der Waals surface area contributed by atoms with E-state index in [9.17, 15) is 4.39 Å². The highest BCUT2D eigenvalue weighted by Crippen LogP contribution is 2.20. The number of aryl methyl sites for hydroxylation is 1. The Morgan fingerprint density at radius 2 is 2.00 bits per heavy atom. The van der Waals surface area contributed by atoms with E-state index in [1.807, 2.05) is 43.1 Å². The second-order valence-electron chi connectivity index (χ2n) is 4.90. The van der Waals surface area contributed by atoms with Gasteiger partial charge >= 0.3 is 0 Å². The lowest BCUT2D eigenvalue weighted by atomic mass is 10.1. The molecule has 0 fully saturated rings. The lowest BCUT2D eigenvalue weighted by molar-refractivity contribution is 0.625. The minimum Gasteiger partial charge on any atom is -0.384 e. The Hall–Kier alpha value is -2.36. The number of nitrogens with two attached hydrogens (primary N) is 1. The molecule has 0 radical (unpaired) electrons. The summed E-state index contributed by atoms with van der Waals surface area (Å²) in [5.74, 6) is -0.152. The molecule has 3 nitrogen and oxygen atoms in total. The first kappa shape index (κ1) is 14.1. The predicted octanol–water partition coefficient (Wildman–Crippen LogP) is 3.05. The molecule has 104 valence electrons. The molecule has 0 unspecified atom stereocenters. The normalized spacial score (nSPS) is 10.3. The quantitative estimate of drug-likeness (QED) is 0.663. The number of nitrogen functional groups attached to an aromatic ring is 1. The third-order valence-corrected chi connectivity index (χ3v) is 3.25. The van der Waals surface area contributed by atoms with E-state index in [1.54, 1.807) is 6.07 Å². The fourth-order valence-corrected chi connectivity index (χ4v) is 2.19. The summed E-state index contributed by atoms with van der Waals surface area (Å²) in [6.07, 6.45) is 0. The molecule has 0 aliphatic heterocycles. The molecule has 0 aliphatic carbocycles. The largest absolute Gasteiger partial charge is 0.384 e. The van der Waals surface area contributed by atoms with E-state index in [-0.39, 0.29) is 11.7 Å². The molecule has 0 amide bonds. The van der Waals surface area contributed by atoms with E-state index in [0.29, 0.717) is 6.54 Å². The SMILES string of the molecule is Cc1cc(N(C)Cc2cccc(F)c2)ccc1C(=N)N. The van der Waals surface area contributed by atoms with Crippen LogP contribution in [0.4, 0.5) is 10.1 Å². The number of rotatable bonds is 4. The van der Waals surface area contributed by atoms with Crippen LogP contribution in [0.5, 0.6) is 0 Å². The van der Waals surface area contributed by atoms with Crippen LogP contribution in [0.15, 0.2) is 42.5 Å². The zero-order valence-electron chi connectivity index (χ0n) is 11.7. The molecule has 4 heteroatoms. The summed E-state index contributed by atoms with van der Waals surface area (Å²) in [5.41, 5.74) is 9.14. The van der Waals surface area contributed by atoms with Gasteiger partial charge in [-0.15, -0.1) is 0 Å². The fraction of sp³-hybridized carbons (Fsp3) is 0.188. The van der Waals surface area contributed by atoms with Crippen LogP contribution in [-0.2, 0) is 6.54 Å². The van der Waals surface area contributed by atoms with Crippen molar-refractivity contribution >= 4 is 11.5 Å². The third-order valence-electron chi connectivity index (χ3n) is 3.25. The standard InChI is InChI=1S/C16H18FN3/c1-11-8-14(6-7-15(11)16(18)19)20(2)10-12-4-3-5-13(17)9-12/h3-9H,10H2,1-2H3,(H3,18,19). The summed E-state index contributed by atoms with van der Waals surface area (Å²) >= 11 is 0. The Labute approximate surface area is 118 Å². The Kier molecular flexibility index (Phi) is 4.03. The highest BCUT2D eigenvalue weighted by Gasteiger charge is 2.07. The van der Waals surface area contributed by atoms with Gasteiger partial charge < -0.3 is 10.6 Å². The van der Waals surface area contributed by atoms with Gasteiger partial charge in [-0.3, -0.25) is 5.41 Å². The first-order valence-electron chi connectivity index (χ1n) is 6.38. The van der Waals surface area contributed by atoms with Gasteiger partial charge in [0.2, 0.25) is 0 Å². The Balaban J connectivity index is 2.19. The minimum absolute atomic E-state index is 0.0711. The van der Waals surface area contributed by atoms with Crippen molar-refractivity contribution in [3.05, 3.63) is 65.0 Å². The van der Waals surface area contributed by atoms with Crippen molar-refractivity contribution in [2.45, 2.75) is 13.5 Å². The molecule has 2 aromatic rings. The first-order valence-corrected chi connectivity index (χ1v) is 6.38. The number of hydrogen-bond acceptors (Lipinski definition) is 2. The zero-order chi connectivity index (χ0) is 14.7. The van der Waals surface area contributed by atoms with Gasteiger partial charge in [-0.05, 0) is 48.4 Å². The molecule has 0 aromatic heterocycles. The average Bonchev–Trinajstić information content (AvgIpc) is 2.38. The van der Waals surface area contributed by atoms with Crippen molar-refractivity contribution in [1.82, 2.24) is 0 Å². The van der Waals surface area contributed by atoms with Gasteiger partial charge in [-0.25, -0.2) is 4.39 Å². The van der Waals surface area contributed by atoms with E-state index >= 15 is 0 Å². The van der Waals surface area contributed by atoms with Crippen LogP contribution in [0.1, 0.15) is 16.7 Å². The van der Waals surface area contributed by atoms with Crippen LogP contribution in [0, 0.1) is 18.2 Å². The molecule has 20 heavy (non-hydrogen) atoms. The van der Waals surface area contributed by atoms with Gasteiger partial charge in [0.25, 0.3) is 0 Å². The Morgan fingerprint density at radius 1 is 1.25 bits per heavy atom. The second-order valence-corrected chi connectivity index (χ2v) is 4.90. The van der Waals surface area contributed by atoms with Crippen molar-refractivity contribution < 1.29 is 4.39 Å². The van der Waals surface area contributed by atoms with E-state index < -0.39 is 0 Å². The number of hydrogen-bond donors (Lipinski definition) is 2. The lowest BCUT2D eigenvalue weighted by Gasteiger charge is -2.20. The molecule has 2 rings (SSSR count). The molecular formula is C16H18FN3. The summed E-state index contributed by atoms with van der Waals surface area (Å²) in [5, 5.41) is 7.48. The minimum atomic E-state index is -0.223. The highest BCUT2D eigenvalue weighted by atomic mass is 19.1. The predicted molar refractivity (Wildman–Crippen MR) is 80.7 cm³/mol. The van der Waals surface area contributed by atoms with Crippen molar-refractivity contribution in [2.75, 3.05) is 11.9 Å². The van der Waals surface area contributed by atoms with E-state index in [0.717, 1.165) is 22.4 Å². The zero-order valence-corrected chi connectivity index (χ0v) is 11.7. The van der Waals surface area contributed by atoms with Gasteiger partial charge in [0, 0.05) is 24.8 Å². The molecule has 2 aromatic carbocycles. The molecule has 0 heterocycles. The Bertz CT molecular complexity index is 637. The maximum Gasteiger partial charge on any atom is 0.123 e. The van der Waals surface area contributed by atoms with Gasteiger partial charge in [0.05, 0.1) is 0 Å². The molecular weight excluding hydrogens is 253 g/mol. The van der Waals surface area contributed by atoms with Gasteiger partial charge in [-0.2, -0.15) is 0 Å². The van der Waals surface area contributed by atoms with Gasteiger partial charge in [-0.1, -0.05) is 12.1 Å². The van der Waals surface area contributed by atoms with E-state index in [2.05, 4.69) is 0 Å². The third kappa shape index (κ3) is 3.15. The van der Waals surface area contributed by atoms with Crippen LogP contribution in [0.2, 0.25) is 0 Å².